The van der Waals surface area contributed by atoms with Gasteiger partial charge in [-0.25, -0.2) is 4.39 Å². The van der Waals surface area contributed by atoms with Crippen LogP contribution in [0.4, 0.5) is 10.1 Å². The molecular weight excluding hydrogens is 506 g/mol. The van der Waals surface area contributed by atoms with Crippen LogP contribution in [0, 0.1) is 15.9 Å². The molecule has 0 radical (unpaired) electrons. The lowest BCUT2D eigenvalue weighted by atomic mass is 10.2. The van der Waals surface area contributed by atoms with E-state index < -0.39 is 11.0 Å². The third kappa shape index (κ3) is 8.49. The Bertz CT molecular complexity index is 819. The number of aliphatic hydroxyl groups excluding tert-OH is 1. The first-order valence-electron chi connectivity index (χ1n) is 9.18. The maximum Gasteiger partial charge on any atom is 0.269 e. The summed E-state index contributed by atoms with van der Waals surface area (Å²) in [5, 5.41) is 23.9. The Morgan fingerprint density at radius 1 is 1.27 bits per heavy atom. The fourth-order valence-corrected chi connectivity index (χ4v) is 2.51. The summed E-state index contributed by atoms with van der Waals surface area (Å²) in [6.07, 6.45) is -0.849. The monoisotopic (exact) mass is 532 g/mol. The maximum absolute atomic E-state index is 13.0. The summed E-state index contributed by atoms with van der Waals surface area (Å²) >= 11 is 0. The zero-order valence-corrected chi connectivity index (χ0v) is 19.2. The number of aliphatic hydroxyl groups is 1. The summed E-state index contributed by atoms with van der Waals surface area (Å²) in [6, 6.07) is 11.9. The third-order valence-electron chi connectivity index (χ3n) is 3.97. The van der Waals surface area contributed by atoms with Gasteiger partial charge in [-0.2, -0.15) is 0 Å². The highest BCUT2D eigenvalue weighted by Gasteiger charge is 2.10. The Hall–Kier alpha value is -2.47. The van der Waals surface area contributed by atoms with Gasteiger partial charge in [-0.3, -0.25) is 15.1 Å². The number of non-ortho nitro benzene ring substituents is 1. The van der Waals surface area contributed by atoms with Crippen molar-refractivity contribution < 1.29 is 19.2 Å². The van der Waals surface area contributed by atoms with E-state index in [1.54, 1.807) is 12.1 Å². The highest BCUT2D eigenvalue weighted by molar-refractivity contribution is 14.0. The van der Waals surface area contributed by atoms with E-state index in [1.165, 1.54) is 36.4 Å². The van der Waals surface area contributed by atoms with Gasteiger partial charge >= 0.3 is 0 Å². The lowest BCUT2D eigenvalue weighted by Crippen LogP contribution is -2.39. The number of nitrogens with zero attached hydrogens (tertiary/aromatic N) is 3. The molecule has 8 nitrogen and oxygen atoms in total. The number of aliphatic imine (C=N–C) groups is 1. The highest BCUT2D eigenvalue weighted by atomic mass is 127. The number of guanidine groups is 1. The molecule has 2 aromatic rings. The Labute approximate surface area is 191 Å². The number of rotatable bonds is 9. The van der Waals surface area contributed by atoms with Crippen molar-refractivity contribution in [1.29, 1.82) is 0 Å². The quantitative estimate of drug-likeness (QED) is 0.169. The van der Waals surface area contributed by atoms with Crippen LogP contribution in [0.25, 0.3) is 0 Å². The van der Waals surface area contributed by atoms with Crippen LogP contribution in [0.2, 0.25) is 0 Å². The molecule has 0 heterocycles. The number of halogens is 2. The van der Waals surface area contributed by atoms with E-state index in [1.807, 2.05) is 18.9 Å². The van der Waals surface area contributed by atoms with E-state index >= 15 is 0 Å². The number of benzene rings is 2. The number of ether oxygens (including phenoxy) is 1. The van der Waals surface area contributed by atoms with Crippen molar-refractivity contribution in [3.8, 4) is 5.75 Å². The summed E-state index contributed by atoms with van der Waals surface area (Å²) in [4.78, 5) is 16.5. The van der Waals surface area contributed by atoms with Crippen LogP contribution in [0.15, 0.2) is 53.5 Å². The van der Waals surface area contributed by atoms with Crippen LogP contribution in [0.1, 0.15) is 12.5 Å². The first-order chi connectivity index (χ1) is 13.9. The number of hydrogen-bond donors (Lipinski definition) is 2. The summed E-state index contributed by atoms with van der Waals surface area (Å²) in [5.74, 6) is 0.748. The van der Waals surface area contributed by atoms with Gasteiger partial charge in [-0.05, 0) is 36.8 Å². The molecule has 0 aromatic heterocycles. The van der Waals surface area contributed by atoms with Crippen molar-refractivity contribution in [3.05, 3.63) is 70.0 Å². The molecule has 0 spiro atoms. The molecule has 2 aromatic carbocycles. The van der Waals surface area contributed by atoms with E-state index in [9.17, 15) is 19.6 Å². The van der Waals surface area contributed by atoms with Crippen LogP contribution >= 0.6 is 24.0 Å². The van der Waals surface area contributed by atoms with Crippen LogP contribution in [0.3, 0.4) is 0 Å². The van der Waals surface area contributed by atoms with Crippen molar-refractivity contribution in [1.82, 2.24) is 10.2 Å². The SMILES string of the molecule is CCNC(=NCC(O)COc1ccc([N+](=O)[O-])cc1)N(C)Cc1ccc(F)cc1.I. The summed E-state index contributed by atoms with van der Waals surface area (Å²) in [7, 11) is 1.85. The first-order valence-corrected chi connectivity index (χ1v) is 9.18. The molecule has 1 atom stereocenters. The molecule has 164 valence electrons. The van der Waals surface area contributed by atoms with E-state index in [-0.39, 0.29) is 48.6 Å². The van der Waals surface area contributed by atoms with Gasteiger partial charge in [-0.15, -0.1) is 24.0 Å². The van der Waals surface area contributed by atoms with Crippen LogP contribution in [-0.2, 0) is 6.54 Å². The van der Waals surface area contributed by atoms with Gasteiger partial charge in [0.05, 0.1) is 11.5 Å². The van der Waals surface area contributed by atoms with Gasteiger partial charge < -0.3 is 20.1 Å². The van der Waals surface area contributed by atoms with Gasteiger partial charge in [0.25, 0.3) is 5.69 Å². The molecule has 2 rings (SSSR count). The topological polar surface area (TPSA) is 100 Å². The summed E-state index contributed by atoms with van der Waals surface area (Å²) < 4.78 is 18.5. The smallest absolute Gasteiger partial charge is 0.269 e. The predicted molar refractivity (Wildman–Crippen MR) is 124 cm³/mol. The lowest BCUT2D eigenvalue weighted by Gasteiger charge is -2.22. The number of nitrogens with one attached hydrogen (secondary N) is 1. The molecular formula is C20H26FIN4O4. The molecule has 0 aliphatic carbocycles. The lowest BCUT2D eigenvalue weighted by molar-refractivity contribution is -0.384. The number of nitro groups is 1. The fraction of sp³-hybridized carbons (Fsp3) is 0.350. The van der Waals surface area contributed by atoms with Crippen LogP contribution in [-0.4, -0.2) is 53.7 Å². The Morgan fingerprint density at radius 2 is 1.90 bits per heavy atom. The molecule has 1 unspecified atom stereocenters. The number of nitro benzene ring substituents is 1. The van der Waals surface area contributed by atoms with Crippen molar-refractivity contribution in [2.45, 2.75) is 19.6 Å². The van der Waals surface area contributed by atoms with Crippen molar-refractivity contribution in [3.63, 3.8) is 0 Å². The first kappa shape index (κ1) is 25.6. The second kappa shape index (κ2) is 13.0. The van der Waals surface area contributed by atoms with Crippen molar-refractivity contribution in [2.75, 3.05) is 26.7 Å². The molecule has 0 bridgehead atoms. The fourth-order valence-electron chi connectivity index (χ4n) is 2.51. The second-order valence-electron chi connectivity index (χ2n) is 6.39. The third-order valence-corrected chi connectivity index (χ3v) is 3.97. The average Bonchev–Trinajstić information content (AvgIpc) is 2.71. The van der Waals surface area contributed by atoms with Gasteiger partial charge in [-0.1, -0.05) is 12.1 Å². The molecule has 0 fully saturated rings. The molecule has 0 aliphatic rings. The van der Waals surface area contributed by atoms with Crippen molar-refractivity contribution in [2.24, 2.45) is 4.99 Å². The molecule has 0 saturated carbocycles. The maximum atomic E-state index is 13.0. The van der Waals surface area contributed by atoms with Gasteiger partial charge in [0.2, 0.25) is 0 Å². The zero-order valence-electron chi connectivity index (χ0n) is 16.8. The Kier molecular flexibility index (Phi) is 11.0. The molecule has 0 amide bonds. The van der Waals surface area contributed by atoms with E-state index in [2.05, 4.69) is 10.3 Å². The molecule has 0 aliphatic heterocycles. The van der Waals surface area contributed by atoms with Gasteiger partial charge in [0.1, 0.15) is 24.3 Å². The minimum Gasteiger partial charge on any atom is -0.491 e. The molecule has 2 N–H and O–H groups in total. The van der Waals surface area contributed by atoms with Gasteiger partial charge in [0, 0.05) is 32.3 Å². The predicted octanol–water partition coefficient (Wildman–Crippen LogP) is 3.19. The highest BCUT2D eigenvalue weighted by Crippen LogP contribution is 2.17. The minimum atomic E-state index is -0.849. The van der Waals surface area contributed by atoms with E-state index in [0.717, 1.165) is 5.56 Å². The normalized spacial score (nSPS) is 11.9. The number of hydrogen-bond acceptors (Lipinski definition) is 5. The standard InChI is InChI=1S/C20H25FN4O4.HI/c1-3-22-20(24(2)13-15-4-6-16(21)7-5-15)23-12-18(26)14-29-19-10-8-17(9-11-19)25(27)28;/h4-11,18,26H,3,12-14H2,1-2H3,(H,22,23);1H. The molecule has 0 saturated heterocycles. The van der Waals surface area contributed by atoms with Crippen LogP contribution in [0.5, 0.6) is 5.75 Å². The average molecular weight is 532 g/mol. The Morgan fingerprint density at radius 3 is 2.47 bits per heavy atom. The largest absolute Gasteiger partial charge is 0.491 e. The van der Waals surface area contributed by atoms with E-state index in [4.69, 9.17) is 4.74 Å². The van der Waals surface area contributed by atoms with Gasteiger partial charge in [0.15, 0.2) is 5.96 Å². The van der Waals surface area contributed by atoms with Crippen molar-refractivity contribution >= 4 is 35.6 Å². The zero-order chi connectivity index (χ0) is 21.2. The van der Waals surface area contributed by atoms with E-state index in [0.29, 0.717) is 24.8 Å². The van der Waals surface area contributed by atoms with Crippen LogP contribution < -0.4 is 10.1 Å². The summed E-state index contributed by atoms with van der Waals surface area (Å²) in [5.41, 5.74) is 0.906. The minimum absolute atomic E-state index is 0. The Balaban J connectivity index is 0.00000450. The molecule has 30 heavy (non-hydrogen) atoms. The molecule has 10 heteroatoms. The second-order valence-corrected chi connectivity index (χ2v) is 6.39. The summed E-state index contributed by atoms with van der Waals surface area (Å²) in [6.45, 7) is 3.24.